The molecule has 0 radical (unpaired) electrons. The molecule has 0 bridgehead atoms. The van der Waals surface area contributed by atoms with Crippen LogP contribution in [-0.4, -0.2) is 18.7 Å². The smallest absolute Gasteiger partial charge is 0.269 e. The molecule has 0 amide bonds. The van der Waals surface area contributed by atoms with E-state index in [1.54, 1.807) is 0 Å². The number of para-hydroxylation sites is 5. The third-order valence-corrected chi connectivity index (χ3v) is 15.2. The van der Waals surface area contributed by atoms with E-state index in [1.165, 1.54) is 44.1 Å². The van der Waals surface area contributed by atoms with Crippen LogP contribution in [0.15, 0.2) is 219 Å². The quantitative estimate of drug-likeness (QED) is 0.107. The van der Waals surface area contributed by atoms with Gasteiger partial charge in [0.05, 0.1) is 44.5 Å². The number of aryl methyl sites for hydroxylation is 1. The average molecular weight is 986 g/mol. The van der Waals surface area contributed by atoms with Crippen molar-refractivity contribution < 1.29 is 9.30 Å². The van der Waals surface area contributed by atoms with Crippen LogP contribution in [0.1, 0.15) is 65.2 Å². The number of imidazole rings is 1. The number of rotatable bonds is 9. The van der Waals surface area contributed by atoms with Crippen LogP contribution in [0.4, 0.5) is 0 Å². The Morgan fingerprint density at radius 2 is 1.08 bits per heavy atom. The number of ether oxygens (including phenoxy) is 1. The van der Waals surface area contributed by atoms with Crippen molar-refractivity contribution in [3.63, 3.8) is 0 Å². The minimum absolute atomic E-state index is 0.0448. The Balaban J connectivity index is 0.938. The summed E-state index contributed by atoms with van der Waals surface area (Å²) in [4.78, 5) is 4.97. The summed E-state index contributed by atoms with van der Waals surface area (Å²) in [6.45, 7) is 16.0. The summed E-state index contributed by atoms with van der Waals surface area (Å²) in [7, 11) is 0. The molecule has 76 heavy (non-hydrogen) atoms. The van der Waals surface area contributed by atoms with Crippen LogP contribution in [-0.2, 0) is 17.3 Å². The predicted octanol–water partition coefficient (Wildman–Crippen LogP) is 17.6. The number of pyridine rings is 1. The lowest BCUT2D eigenvalue weighted by Gasteiger charge is -2.27. The lowest BCUT2D eigenvalue weighted by molar-refractivity contribution is -0.571. The maximum absolute atomic E-state index is 6.92. The fraction of sp³-hybridized carbons (Fsp3) is 0.143. The summed E-state index contributed by atoms with van der Waals surface area (Å²) in [5.74, 6) is 2.32. The van der Waals surface area contributed by atoms with Crippen LogP contribution < -0.4 is 9.30 Å². The van der Waals surface area contributed by atoms with Gasteiger partial charge in [-0.1, -0.05) is 182 Å². The molecule has 9 aromatic carbocycles. The molecule has 0 atom stereocenters. The molecule has 6 heteroatoms. The molecule has 0 aliphatic heterocycles. The van der Waals surface area contributed by atoms with E-state index in [1.807, 2.05) is 12.3 Å². The van der Waals surface area contributed by atoms with Crippen molar-refractivity contribution in [2.24, 2.45) is 0 Å². The Labute approximate surface area is 444 Å². The standard InChI is InChI=1S/C70H59N5O/c1-8-46-36-37-71-67(38-46)75-63-35-32-52(74-61-28-14-12-24-57(61)58-25-13-15-29-62(58)74)43-60(63)59-34-33-54(44-66(59)75)76-53-23-18-22-51(42-53)72-45-73(65-31-17-16-30-64(65)72)68-55(47-20-10-9-11-21-47)26-19-27-56(68)48-39-49(69(2,3)4)41-50(40-48)70(5,6)7/h9-44H,8H2,1-7H3. The van der Waals surface area contributed by atoms with Crippen LogP contribution >= 0.6 is 0 Å². The van der Waals surface area contributed by atoms with E-state index in [9.17, 15) is 0 Å². The normalized spacial score (nSPS) is 12.2. The van der Waals surface area contributed by atoms with Gasteiger partial charge in [-0.3, -0.25) is 13.7 Å². The van der Waals surface area contributed by atoms with Crippen molar-refractivity contribution >= 4 is 54.6 Å². The highest BCUT2D eigenvalue weighted by Gasteiger charge is 2.25. The van der Waals surface area contributed by atoms with E-state index in [4.69, 9.17) is 9.72 Å². The van der Waals surface area contributed by atoms with Crippen LogP contribution in [0.3, 0.4) is 0 Å². The summed E-state index contributed by atoms with van der Waals surface area (Å²) in [6, 6.07) is 76.5. The average Bonchev–Trinajstić information content (AvgIpc) is 4.11. The molecule has 0 aliphatic carbocycles. The first-order valence-corrected chi connectivity index (χ1v) is 26.5. The molecule has 0 fully saturated rings. The van der Waals surface area contributed by atoms with Crippen molar-refractivity contribution in [1.29, 1.82) is 0 Å². The molecule has 0 N–H and O–H groups in total. The minimum atomic E-state index is -0.0448. The lowest BCUT2D eigenvalue weighted by Crippen LogP contribution is -2.31. The second-order valence-electron chi connectivity index (χ2n) is 22.2. The summed E-state index contributed by atoms with van der Waals surface area (Å²) < 4.78 is 16.0. The number of nitrogens with zero attached hydrogens (tertiary/aromatic N) is 5. The number of fused-ring (bicyclic) bond motifs is 7. The molecule has 4 heterocycles. The lowest BCUT2D eigenvalue weighted by atomic mass is 9.78. The molecular weight excluding hydrogens is 927 g/mol. The summed E-state index contributed by atoms with van der Waals surface area (Å²) >= 11 is 0. The van der Waals surface area contributed by atoms with E-state index in [0.29, 0.717) is 0 Å². The van der Waals surface area contributed by atoms with Gasteiger partial charge < -0.3 is 9.30 Å². The van der Waals surface area contributed by atoms with Gasteiger partial charge in [-0.25, -0.2) is 4.98 Å². The van der Waals surface area contributed by atoms with Crippen LogP contribution in [0.25, 0.3) is 99.8 Å². The van der Waals surface area contributed by atoms with E-state index >= 15 is 0 Å². The molecule has 0 unspecified atom stereocenters. The van der Waals surface area contributed by atoms with Gasteiger partial charge in [-0.15, -0.1) is 0 Å². The van der Waals surface area contributed by atoms with E-state index in [-0.39, 0.29) is 10.8 Å². The largest absolute Gasteiger partial charge is 0.458 e. The van der Waals surface area contributed by atoms with Gasteiger partial charge in [0.15, 0.2) is 0 Å². The third kappa shape index (κ3) is 8.04. The molecule has 370 valence electrons. The molecule has 0 spiro atoms. The van der Waals surface area contributed by atoms with Crippen molar-refractivity contribution in [1.82, 2.24) is 18.7 Å². The number of aromatic nitrogens is 5. The van der Waals surface area contributed by atoms with Gasteiger partial charge in [-0.2, -0.15) is 0 Å². The highest BCUT2D eigenvalue weighted by molar-refractivity contribution is 6.12. The predicted molar refractivity (Wildman–Crippen MR) is 314 cm³/mol. The maximum Gasteiger partial charge on any atom is 0.269 e. The first-order valence-electron chi connectivity index (χ1n) is 26.5. The van der Waals surface area contributed by atoms with E-state index in [0.717, 1.165) is 90.3 Å². The number of benzene rings is 9. The summed E-state index contributed by atoms with van der Waals surface area (Å²) in [5, 5.41) is 4.74. The van der Waals surface area contributed by atoms with Gasteiger partial charge in [0.2, 0.25) is 0 Å². The van der Waals surface area contributed by atoms with Gasteiger partial charge in [-0.05, 0) is 129 Å². The van der Waals surface area contributed by atoms with E-state index < -0.39 is 0 Å². The fourth-order valence-electron chi connectivity index (χ4n) is 11.2. The highest BCUT2D eigenvalue weighted by atomic mass is 16.5. The van der Waals surface area contributed by atoms with Crippen molar-refractivity contribution in [2.75, 3.05) is 0 Å². The molecule has 0 saturated carbocycles. The Morgan fingerprint density at radius 1 is 0.461 bits per heavy atom. The molecular formula is C70H59N5O. The van der Waals surface area contributed by atoms with Crippen molar-refractivity contribution in [2.45, 2.75) is 65.7 Å². The Kier molecular flexibility index (Phi) is 11.2. The molecule has 13 rings (SSSR count). The molecule has 6 nitrogen and oxygen atoms in total. The van der Waals surface area contributed by atoms with Crippen LogP contribution in [0.5, 0.6) is 11.5 Å². The van der Waals surface area contributed by atoms with Crippen LogP contribution in [0.2, 0.25) is 0 Å². The second-order valence-corrected chi connectivity index (χ2v) is 22.2. The van der Waals surface area contributed by atoms with Gasteiger partial charge in [0, 0.05) is 39.5 Å². The SMILES string of the molecule is CCc1ccnc(-n2c3ccc(-n4c5ccccc5c5ccccc54)cc3c3ccc(Oc4cccc(-n5[c-][n+](-c6c(-c7ccccc7)cccc6-c6cc(C(C)(C)C)cc(C(C)(C)C)c6)c6ccccc65)c4)cc32)c1. The number of hydrogen-bond acceptors (Lipinski definition) is 2. The Bertz CT molecular complexity index is 4300. The second kappa shape index (κ2) is 18.1. The molecule has 0 saturated heterocycles. The molecule has 0 aliphatic rings. The Morgan fingerprint density at radius 3 is 1.79 bits per heavy atom. The third-order valence-electron chi connectivity index (χ3n) is 15.2. The van der Waals surface area contributed by atoms with Crippen molar-refractivity contribution in [3.05, 3.63) is 242 Å². The minimum Gasteiger partial charge on any atom is -0.458 e. The van der Waals surface area contributed by atoms with Crippen LogP contribution in [0, 0.1) is 6.33 Å². The van der Waals surface area contributed by atoms with Gasteiger partial charge in [0.25, 0.3) is 6.33 Å². The summed E-state index contributed by atoms with van der Waals surface area (Å²) in [6.07, 6.45) is 6.73. The topological polar surface area (TPSA) is 40.8 Å². The Hall–Kier alpha value is -9.00. The number of hydrogen-bond donors (Lipinski definition) is 0. The zero-order valence-electron chi connectivity index (χ0n) is 44.1. The summed E-state index contributed by atoms with van der Waals surface area (Å²) in [5.41, 5.74) is 18.0. The van der Waals surface area contributed by atoms with Crippen molar-refractivity contribution in [3.8, 4) is 56.6 Å². The molecule has 13 aromatic rings. The van der Waals surface area contributed by atoms with E-state index in [2.05, 4.69) is 279 Å². The fourth-order valence-corrected chi connectivity index (χ4v) is 11.2. The maximum atomic E-state index is 6.92. The first kappa shape index (κ1) is 46.8. The first-order chi connectivity index (χ1) is 36.9. The molecule has 4 aromatic heterocycles. The zero-order chi connectivity index (χ0) is 51.9. The zero-order valence-corrected chi connectivity index (χ0v) is 44.1. The van der Waals surface area contributed by atoms with Gasteiger partial charge >= 0.3 is 0 Å². The van der Waals surface area contributed by atoms with Gasteiger partial charge in [0.1, 0.15) is 17.3 Å². The highest BCUT2D eigenvalue weighted by Crippen LogP contribution is 2.41. The monoisotopic (exact) mass is 985 g/mol.